The van der Waals surface area contributed by atoms with Gasteiger partial charge in [0.2, 0.25) is 0 Å². The molecule has 4 heteroatoms. The summed E-state index contributed by atoms with van der Waals surface area (Å²) in [6.45, 7) is 2.14. The second-order valence-corrected chi connectivity index (χ2v) is 5.71. The van der Waals surface area contributed by atoms with Gasteiger partial charge in [-0.3, -0.25) is 4.79 Å². The molecule has 0 spiro atoms. The van der Waals surface area contributed by atoms with Crippen LogP contribution in [0.5, 0.6) is 0 Å². The molecule has 1 aromatic carbocycles. The van der Waals surface area contributed by atoms with E-state index in [1.807, 2.05) is 24.3 Å². The van der Waals surface area contributed by atoms with E-state index in [0.717, 1.165) is 17.5 Å². The van der Waals surface area contributed by atoms with E-state index in [0.29, 0.717) is 24.8 Å². The number of fused-ring (bicyclic) bond motifs is 1. The highest BCUT2D eigenvalue weighted by Gasteiger charge is 2.49. The number of esters is 1. The van der Waals surface area contributed by atoms with Crippen LogP contribution in [0.2, 0.25) is 0 Å². The summed E-state index contributed by atoms with van der Waals surface area (Å²) in [6, 6.07) is 7.79. The van der Waals surface area contributed by atoms with Crippen LogP contribution in [0.4, 0.5) is 0 Å². The monoisotopic (exact) mass is 326 g/mol. The van der Waals surface area contributed by atoms with Crippen molar-refractivity contribution < 1.29 is 14.6 Å². The van der Waals surface area contributed by atoms with Crippen LogP contribution in [0.1, 0.15) is 37.0 Å². The molecule has 0 aromatic heterocycles. The summed E-state index contributed by atoms with van der Waals surface area (Å²) in [6.07, 6.45) is 1.24. The number of aliphatic hydroxyl groups is 1. The first-order chi connectivity index (χ1) is 9.15. The Hall–Kier alpha value is -0.870. The van der Waals surface area contributed by atoms with E-state index in [1.165, 1.54) is 0 Å². The number of benzene rings is 1. The van der Waals surface area contributed by atoms with E-state index in [1.54, 1.807) is 6.92 Å². The summed E-state index contributed by atoms with van der Waals surface area (Å²) in [5.41, 5.74) is 1.18. The summed E-state index contributed by atoms with van der Waals surface area (Å²) >= 11 is 3.39. The Morgan fingerprint density at radius 3 is 2.95 bits per heavy atom. The Labute approximate surface area is 122 Å². The first-order valence-corrected chi connectivity index (χ1v) is 7.77. The normalized spacial score (nSPS) is 25.7. The number of alkyl halides is 1. The molecule has 0 heterocycles. The van der Waals surface area contributed by atoms with Gasteiger partial charge in [-0.25, -0.2) is 0 Å². The van der Waals surface area contributed by atoms with Gasteiger partial charge in [0.15, 0.2) is 0 Å². The molecule has 0 saturated carbocycles. The van der Waals surface area contributed by atoms with Gasteiger partial charge in [-0.1, -0.05) is 40.2 Å². The van der Waals surface area contributed by atoms with E-state index < -0.39 is 11.5 Å². The number of carbonyl (C=O) groups is 1. The summed E-state index contributed by atoms with van der Waals surface area (Å²) in [4.78, 5) is 12.3. The van der Waals surface area contributed by atoms with E-state index in [9.17, 15) is 9.90 Å². The van der Waals surface area contributed by atoms with Crippen molar-refractivity contribution in [2.75, 3.05) is 11.9 Å². The van der Waals surface area contributed by atoms with Gasteiger partial charge in [-0.05, 0) is 37.3 Å². The Kier molecular flexibility index (Phi) is 4.63. The van der Waals surface area contributed by atoms with Crippen molar-refractivity contribution in [1.29, 1.82) is 0 Å². The first-order valence-electron chi connectivity index (χ1n) is 6.64. The lowest BCUT2D eigenvalue weighted by atomic mass is 9.67. The van der Waals surface area contributed by atoms with E-state index >= 15 is 0 Å². The molecular weight excluding hydrogens is 308 g/mol. The molecular formula is C15H19BrO3. The highest BCUT2D eigenvalue weighted by atomic mass is 79.9. The fourth-order valence-electron chi connectivity index (χ4n) is 2.84. The van der Waals surface area contributed by atoms with Crippen LogP contribution in [0.25, 0.3) is 0 Å². The predicted molar refractivity (Wildman–Crippen MR) is 77.2 cm³/mol. The van der Waals surface area contributed by atoms with E-state index in [-0.39, 0.29) is 5.97 Å². The number of ether oxygens (including phenoxy) is 1. The smallest absolute Gasteiger partial charge is 0.315 e. The lowest BCUT2D eigenvalue weighted by molar-refractivity contribution is -0.165. The third kappa shape index (κ3) is 2.56. The Balaban J connectivity index is 2.38. The molecule has 2 atom stereocenters. The minimum atomic E-state index is -0.812. The molecule has 0 bridgehead atoms. The van der Waals surface area contributed by atoms with Crippen LogP contribution >= 0.6 is 15.9 Å². The maximum atomic E-state index is 12.3. The predicted octanol–water partition coefficient (Wildman–Crippen LogP) is 3.00. The minimum absolute atomic E-state index is 0.281. The van der Waals surface area contributed by atoms with Crippen LogP contribution in [0.15, 0.2) is 24.3 Å². The molecule has 104 valence electrons. The van der Waals surface area contributed by atoms with Crippen LogP contribution in [0.3, 0.4) is 0 Å². The van der Waals surface area contributed by atoms with Gasteiger partial charge in [0.25, 0.3) is 0 Å². The number of halogens is 1. The second kappa shape index (κ2) is 6.06. The van der Waals surface area contributed by atoms with Gasteiger partial charge in [0.1, 0.15) is 0 Å². The van der Waals surface area contributed by atoms with E-state index in [4.69, 9.17) is 4.74 Å². The lowest BCUT2D eigenvalue weighted by Crippen LogP contribution is -2.42. The maximum Gasteiger partial charge on any atom is 0.315 e. The van der Waals surface area contributed by atoms with Crippen LogP contribution < -0.4 is 0 Å². The summed E-state index contributed by atoms with van der Waals surface area (Å²) in [5.74, 6) is -0.281. The highest BCUT2D eigenvalue weighted by Crippen LogP contribution is 2.47. The fourth-order valence-corrected chi connectivity index (χ4v) is 3.55. The molecule has 1 aliphatic carbocycles. The molecule has 2 rings (SSSR count). The van der Waals surface area contributed by atoms with Gasteiger partial charge in [0, 0.05) is 5.33 Å². The second-order valence-electron chi connectivity index (χ2n) is 4.92. The van der Waals surface area contributed by atoms with Gasteiger partial charge < -0.3 is 9.84 Å². The minimum Gasteiger partial charge on any atom is -0.465 e. The topological polar surface area (TPSA) is 46.5 Å². The van der Waals surface area contributed by atoms with Gasteiger partial charge >= 0.3 is 5.97 Å². The molecule has 2 unspecified atom stereocenters. The molecule has 0 aliphatic heterocycles. The molecule has 1 aromatic rings. The molecule has 0 saturated heterocycles. The highest BCUT2D eigenvalue weighted by molar-refractivity contribution is 9.09. The molecule has 19 heavy (non-hydrogen) atoms. The third-order valence-electron chi connectivity index (χ3n) is 3.94. The van der Waals surface area contributed by atoms with Crippen LogP contribution in [-0.4, -0.2) is 23.0 Å². The third-order valence-corrected chi connectivity index (χ3v) is 4.33. The van der Waals surface area contributed by atoms with Crippen molar-refractivity contribution in [3.8, 4) is 0 Å². The standard InChI is InChI=1S/C15H19BrO3/c1-2-19-14(18)15(9-10-16)8-7-11-5-3-4-6-12(11)13(15)17/h3-6,13,17H,2,7-10H2,1H3. The van der Waals surface area contributed by atoms with Crippen molar-refractivity contribution in [3.05, 3.63) is 35.4 Å². The largest absolute Gasteiger partial charge is 0.465 e. The van der Waals surface area contributed by atoms with Gasteiger partial charge in [-0.2, -0.15) is 0 Å². The molecule has 0 radical (unpaired) electrons. The van der Waals surface area contributed by atoms with Crippen molar-refractivity contribution in [2.24, 2.45) is 5.41 Å². The Bertz CT molecular complexity index is 460. The average Bonchev–Trinajstić information content (AvgIpc) is 2.43. The van der Waals surface area contributed by atoms with E-state index in [2.05, 4.69) is 15.9 Å². The number of rotatable bonds is 4. The van der Waals surface area contributed by atoms with Gasteiger partial charge in [0.05, 0.1) is 18.1 Å². The molecule has 0 fully saturated rings. The zero-order chi connectivity index (χ0) is 13.9. The number of hydrogen-bond acceptors (Lipinski definition) is 3. The molecule has 1 N–H and O–H groups in total. The Morgan fingerprint density at radius 2 is 2.26 bits per heavy atom. The van der Waals surface area contributed by atoms with Crippen molar-refractivity contribution in [1.82, 2.24) is 0 Å². The number of aryl methyl sites for hydroxylation is 1. The number of hydrogen-bond donors (Lipinski definition) is 1. The molecule has 1 aliphatic rings. The van der Waals surface area contributed by atoms with Crippen LogP contribution in [-0.2, 0) is 16.0 Å². The number of carbonyl (C=O) groups excluding carboxylic acids is 1. The molecule has 0 amide bonds. The van der Waals surface area contributed by atoms with Crippen molar-refractivity contribution >= 4 is 21.9 Å². The Morgan fingerprint density at radius 1 is 1.53 bits per heavy atom. The van der Waals surface area contributed by atoms with Crippen molar-refractivity contribution in [2.45, 2.75) is 32.3 Å². The molecule has 3 nitrogen and oxygen atoms in total. The lowest BCUT2D eigenvalue weighted by Gasteiger charge is -2.40. The van der Waals surface area contributed by atoms with Gasteiger partial charge in [-0.15, -0.1) is 0 Å². The quantitative estimate of drug-likeness (QED) is 0.683. The maximum absolute atomic E-state index is 12.3. The summed E-state index contributed by atoms with van der Waals surface area (Å²) < 4.78 is 5.20. The number of aliphatic hydroxyl groups excluding tert-OH is 1. The summed E-state index contributed by atoms with van der Waals surface area (Å²) in [5, 5.41) is 11.3. The van der Waals surface area contributed by atoms with Crippen molar-refractivity contribution in [3.63, 3.8) is 0 Å². The zero-order valence-corrected chi connectivity index (χ0v) is 12.6. The zero-order valence-electron chi connectivity index (χ0n) is 11.1. The average molecular weight is 327 g/mol. The fraction of sp³-hybridized carbons (Fsp3) is 0.533. The van der Waals surface area contributed by atoms with Crippen LogP contribution in [0, 0.1) is 5.41 Å². The summed E-state index contributed by atoms with van der Waals surface area (Å²) in [7, 11) is 0. The SMILES string of the molecule is CCOC(=O)C1(CCBr)CCc2ccccc2C1O. The first kappa shape index (κ1) is 14.5.